The van der Waals surface area contributed by atoms with Crippen molar-refractivity contribution in [2.24, 2.45) is 29.5 Å². The van der Waals surface area contributed by atoms with Gasteiger partial charge in [0.1, 0.15) is 0 Å². The molecule has 1 aromatic rings. The molecule has 7 heteroatoms. The number of aromatic nitrogens is 3. The molecule has 0 spiro atoms. The van der Waals surface area contributed by atoms with Gasteiger partial charge in [0.05, 0.1) is 0 Å². The molecule has 4 N–H and O–H groups in total. The molecule has 4 unspecified atom stereocenters. The molecule has 3 aliphatic rings. The van der Waals surface area contributed by atoms with Gasteiger partial charge >= 0.3 is 0 Å². The number of nitrogen functional groups attached to an aromatic ring is 1. The molecule has 1 aromatic heterocycles. The van der Waals surface area contributed by atoms with Gasteiger partial charge in [-0.15, -0.1) is 0 Å². The Balaban J connectivity index is 1.53. The van der Waals surface area contributed by atoms with E-state index in [2.05, 4.69) is 25.7 Å². The number of rotatable bonds is 4. The Morgan fingerprint density at radius 2 is 1.70 bits per heavy atom. The molecule has 0 aromatic carbocycles. The van der Waals surface area contributed by atoms with Gasteiger partial charge in [-0.3, -0.25) is 5.43 Å². The number of nitrogens with one attached hydrogen (secondary N) is 2. The lowest BCUT2D eigenvalue weighted by atomic mass is 10.0. The van der Waals surface area contributed by atoms with Gasteiger partial charge in [0, 0.05) is 20.1 Å². The first-order chi connectivity index (χ1) is 9.67. The summed E-state index contributed by atoms with van der Waals surface area (Å²) < 4.78 is 0. The monoisotopic (exact) mass is 275 g/mol. The third kappa shape index (κ3) is 1.72. The Morgan fingerprint density at radius 1 is 1.05 bits per heavy atom. The van der Waals surface area contributed by atoms with Crippen LogP contribution >= 0.6 is 0 Å². The van der Waals surface area contributed by atoms with Gasteiger partial charge < -0.3 is 10.2 Å². The summed E-state index contributed by atoms with van der Waals surface area (Å²) in [6.07, 6.45) is 4.28. The quantitative estimate of drug-likeness (QED) is 0.549. The first-order valence-electron chi connectivity index (χ1n) is 7.34. The Hall–Kier alpha value is -1.63. The lowest BCUT2D eigenvalue weighted by Gasteiger charge is -2.14. The number of fused-ring (bicyclic) bond motifs is 5. The summed E-state index contributed by atoms with van der Waals surface area (Å²) in [6, 6.07) is 0.560. The first kappa shape index (κ1) is 12.1. The Morgan fingerprint density at radius 3 is 2.30 bits per heavy atom. The van der Waals surface area contributed by atoms with E-state index in [-0.39, 0.29) is 0 Å². The molecule has 3 aliphatic carbocycles. The highest BCUT2D eigenvalue weighted by Gasteiger charge is 2.65. The Bertz CT molecular complexity index is 515. The van der Waals surface area contributed by atoms with E-state index in [1.165, 1.54) is 19.3 Å². The lowest BCUT2D eigenvalue weighted by molar-refractivity contribution is 0.456. The molecular formula is C13H21N7. The van der Waals surface area contributed by atoms with Crippen molar-refractivity contribution >= 4 is 17.8 Å². The zero-order valence-electron chi connectivity index (χ0n) is 11.9. The molecule has 2 bridgehead atoms. The van der Waals surface area contributed by atoms with Crippen molar-refractivity contribution in [3.8, 4) is 0 Å². The van der Waals surface area contributed by atoms with E-state index in [1.807, 2.05) is 19.0 Å². The molecule has 1 heterocycles. The third-order valence-corrected chi connectivity index (χ3v) is 5.18. The van der Waals surface area contributed by atoms with Gasteiger partial charge in [0.25, 0.3) is 0 Å². The topological polar surface area (TPSA) is 92.0 Å². The van der Waals surface area contributed by atoms with E-state index in [0.717, 1.165) is 23.7 Å². The maximum absolute atomic E-state index is 5.43. The maximum atomic E-state index is 5.43. The molecule has 7 nitrogen and oxygen atoms in total. The predicted octanol–water partition coefficient (Wildman–Crippen LogP) is 0.680. The zero-order chi connectivity index (χ0) is 13.9. The van der Waals surface area contributed by atoms with Crippen LogP contribution < -0.4 is 21.5 Å². The van der Waals surface area contributed by atoms with Gasteiger partial charge in [-0.05, 0) is 42.9 Å². The largest absolute Gasteiger partial charge is 0.351 e. The van der Waals surface area contributed by atoms with E-state index >= 15 is 0 Å². The minimum absolute atomic E-state index is 0.403. The molecular weight excluding hydrogens is 254 g/mol. The summed E-state index contributed by atoms with van der Waals surface area (Å²) in [5.41, 5.74) is 2.51. The van der Waals surface area contributed by atoms with Crippen LogP contribution in [0, 0.1) is 23.7 Å². The summed E-state index contributed by atoms with van der Waals surface area (Å²) in [7, 11) is 3.82. The SMILES string of the molecule is CN(C)c1nc(NN)nc(NC2C3C4CCC(C4)C23)n1. The van der Waals surface area contributed by atoms with E-state index in [4.69, 9.17) is 5.84 Å². The van der Waals surface area contributed by atoms with Crippen molar-refractivity contribution in [1.29, 1.82) is 0 Å². The van der Waals surface area contributed by atoms with Gasteiger partial charge in [-0.2, -0.15) is 15.0 Å². The van der Waals surface area contributed by atoms with Crippen molar-refractivity contribution in [2.45, 2.75) is 25.3 Å². The number of nitrogens with two attached hydrogens (primary N) is 1. The molecule has 4 rings (SSSR count). The van der Waals surface area contributed by atoms with Crippen molar-refractivity contribution < 1.29 is 0 Å². The van der Waals surface area contributed by atoms with Crippen molar-refractivity contribution in [3.05, 3.63) is 0 Å². The van der Waals surface area contributed by atoms with Crippen molar-refractivity contribution in [3.63, 3.8) is 0 Å². The van der Waals surface area contributed by atoms with Crippen LogP contribution in [0.1, 0.15) is 19.3 Å². The molecule has 0 aliphatic heterocycles. The van der Waals surface area contributed by atoms with E-state index in [1.54, 1.807) is 0 Å². The summed E-state index contributed by atoms with van der Waals surface area (Å²) >= 11 is 0. The van der Waals surface area contributed by atoms with Crippen LogP contribution in [0.3, 0.4) is 0 Å². The third-order valence-electron chi connectivity index (χ3n) is 5.18. The summed E-state index contributed by atoms with van der Waals surface area (Å²) in [5, 5.41) is 3.50. The van der Waals surface area contributed by atoms with Crippen LogP contribution in [-0.2, 0) is 0 Å². The van der Waals surface area contributed by atoms with Crippen LogP contribution in [0.15, 0.2) is 0 Å². The second kappa shape index (κ2) is 4.18. The normalized spacial score (nSPS) is 36.6. The number of hydrogen-bond acceptors (Lipinski definition) is 7. The van der Waals surface area contributed by atoms with Crippen molar-refractivity contribution in [1.82, 2.24) is 15.0 Å². The number of hydrazine groups is 1. The second-order valence-electron chi connectivity index (χ2n) is 6.48. The van der Waals surface area contributed by atoms with Gasteiger partial charge in [-0.25, -0.2) is 5.84 Å². The summed E-state index contributed by atoms with van der Waals surface area (Å²) in [5.74, 6) is 10.7. The van der Waals surface area contributed by atoms with Crippen molar-refractivity contribution in [2.75, 3.05) is 29.7 Å². The molecule has 0 amide bonds. The number of nitrogens with zero attached hydrogens (tertiary/aromatic N) is 4. The number of hydrogen-bond donors (Lipinski definition) is 3. The minimum Gasteiger partial charge on any atom is -0.351 e. The van der Waals surface area contributed by atoms with Gasteiger partial charge in [0.2, 0.25) is 17.8 Å². The predicted molar refractivity (Wildman–Crippen MR) is 77.2 cm³/mol. The molecule has 3 fully saturated rings. The molecule has 0 radical (unpaired) electrons. The number of anilines is 3. The second-order valence-corrected chi connectivity index (χ2v) is 6.48. The van der Waals surface area contributed by atoms with Crippen LogP contribution in [0.25, 0.3) is 0 Å². The zero-order valence-corrected chi connectivity index (χ0v) is 11.9. The maximum Gasteiger partial charge on any atom is 0.243 e. The average Bonchev–Trinajstić information content (AvgIpc) is 2.85. The summed E-state index contributed by atoms with van der Waals surface area (Å²) in [4.78, 5) is 14.8. The lowest BCUT2D eigenvalue weighted by Crippen LogP contribution is -2.21. The fraction of sp³-hybridized carbons (Fsp3) is 0.769. The fourth-order valence-electron chi connectivity index (χ4n) is 4.36. The summed E-state index contributed by atoms with van der Waals surface area (Å²) in [6.45, 7) is 0. The van der Waals surface area contributed by atoms with Gasteiger partial charge in [-0.1, -0.05) is 0 Å². The molecule has 0 saturated heterocycles. The molecule has 3 saturated carbocycles. The Labute approximate surface area is 118 Å². The highest BCUT2D eigenvalue weighted by Crippen LogP contribution is 2.66. The Kier molecular flexibility index (Phi) is 2.54. The smallest absolute Gasteiger partial charge is 0.243 e. The van der Waals surface area contributed by atoms with E-state index in [9.17, 15) is 0 Å². The fourth-order valence-corrected chi connectivity index (χ4v) is 4.36. The van der Waals surface area contributed by atoms with Crippen LogP contribution in [-0.4, -0.2) is 35.1 Å². The van der Waals surface area contributed by atoms with Crippen LogP contribution in [0.4, 0.5) is 17.8 Å². The minimum atomic E-state index is 0.403. The highest BCUT2D eigenvalue weighted by atomic mass is 15.4. The molecule has 20 heavy (non-hydrogen) atoms. The molecule has 4 atom stereocenters. The average molecular weight is 275 g/mol. The van der Waals surface area contributed by atoms with Crippen LogP contribution in [0.5, 0.6) is 0 Å². The van der Waals surface area contributed by atoms with E-state index < -0.39 is 0 Å². The molecule has 108 valence electrons. The first-order valence-corrected chi connectivity index (χ1v) is 7.34. The standard InChI is InChI=1S/C13H21N7/c1-20(2)13-17-11(16-12(18-13)19-14)15-10-8-6-3-4-7(5-6)9(8)10/h6-10H,3-5,14H2,1-2H3,(H2,15,16,17,18,19). The van der Waals surface area contributed by atoms with E-state index in [0.29, 0.717) is 23.9 Å². The van der Waals surface area contributed by atoms with Gasteiger partial charge in [0.15, 0.2) is 0 Å². The van der Waals surface area contributed by atoms with Crippen LogP contribution in [0.2, 0.25) is 0 Å². The highest BCUT2D eigenvalue weighted by molar-refractivity contribution is 5.44.